The number of aliphatic carboxylic acids is 1. The van der Waals surface area contributed by atoms with E-state index in [1.54, 1.807) is 38.1 Å². The number of aliphatic hydroxyl groups is 5. The van der Waals surface area contributed by atoms with Gasteiger partial charge in [-0.25, -0.2) is 4.79 Å². The third-order valence-corrected chi connectivity index (χ3v) is 5.06. The minimum Gasteiger partial charge on any atom is -0.481 e. The van der Waals surface area contributed by atoms with Crippen molar-refractivity contribution in [2.75, 3.05) is 6.61 Å². The molecule has 1 fully saturated rings. The first-order chi connectivity index (χ1) is 14.9. The van der Waals surface area contributed by atoms with Gasteiger partial charge in [0.05, 0.1) is 13.0 Å². The summed E-state index contributed by atoms with van der Waals surface area (Å²) in [6, 6.07) is 6.67. The molecule has 0 saturated carbocycles. The van der Waals surface area contributed by atoms with Crippen molar-refractivity contribution in [1.29, 1.82) is 0 Å². The summed E-state index contributed by atoms with van der Waals surface area (Å²) < 4.78 is 16.0. The Bertz CT molecular complexity index is 762. The van der Waals surface area contributed by atoms with Crippen LogP contribution in [-0.2, 0) is 25.5 Å². The van der Waals surface area contributed by atoms with E-state index in [2.05, 4.69) is 0 Å². The topological polar surface area (TPSA) is 183 Å². The summed E-state index contributed by atoms with van der Waals surface area (Å²) in [7, 11) is 0. The number of rotatable bonds is 10. The lowest BCUT2D eigenvalue weighted by molar-refractivity contribution is -0.277. The molecular formula is C21H30O11. The molecule has 32 heavy (non-hydrogen) atoms. The number of carboxylic acid groups (broad SMARTS) is 1. The third-order valence-electron chi connectivity index (χ3n) is 5.06. The zero-order valence-electron chi connectivity index (χ0n) is 17.8. The van der Waals surface area contributed by atoms with Crippen LogP contribution in [-0.4, -0.2) is 91.6 Å². The molecule has 1 aliphatic rings. The van der Waals surface area contributed by atoms with Gasteiger partial charge in [0.15, 0.2) is 6.10 Å². The van der Waals surface area contributed by atoms with Gasteiger partial charge < -0.3 is 44.8 Å². The molecule has 180 valence electrons. The molecule has 2 rings (SSSR count). The Morgan fingerprint density at radius 3 is 2.28 bits per heavy atom. The van der Waals surface area contributed by atoms with Crippen molar-refractivity contribution in [1.82, 2.24) is 0 Å². The number of aryl methyl sites for hydroxylation is 1. The fourth-order valence-electron chi connectivity index (χ4n) is 3.12. The van der Waals surface area contributed by atoms with Crippen LogP contribution in [0.2, 0.25) is 0 Å². The van der Waals surface area contributed by atoms with Crippen LogP contribution in [0.5, 0.6) is 5.75 Å². The second-order valence-electron chi connectivity index (χ2n) is 8.25. The molecule has 1 heterocycles. The number of ether oxygens (including phenoxy) is 3. The molecule has 1 aliphatic heterocycles. The Kier molecular flexibility index (Phi) is 8.96. The Balaban J connectivity index is 1.89. The fourth-order valence-corrected chi connectivity index (χ4v) is 3.12. The molecule has 0 aliphatic carbocycles. The van der Waals surface area contributed by atoms with Gasteiger partial charge in [-0.3, -0.25) is 4.79 Å². The SMILES string of the molecule is CC(C)(CCc1ccc(OC2O[C@H](CO)[C@@H](O)[C@H](O)[C@H]2O)cc1)OC(=O)C(O)CC(=O)O. The first-order valence-electron chi connectivity index (χ1n) is 10.1. The summed E-state index contributed by atoms with van der Waals surface area (Å²) in [4.78, 5) is 22.4. The zero-order valence-corrected chi connectivity index (χ0v) is 17.8. The van der Waals surface area contributed by atoms with E-state index >= 15 is 0 Å². The predicted octanol–water partition coefficient (Wildman–Crippen LogP) is -1.04. The van der Waals surface area contributed by atoms with Crippen LogP contribution >= 0.6 is 0 Å². The van der Waals surface area contributed by atoms with E-state index in [4.69, 9.17) is 19.3 Å². The lowest BCUT2D eigenvalue weighted by Crippen LogP contribution is -2.60. The molecule has 1 aromatic rings. The Hall–Kier alpha value is -2.28. The first-order valence-corrected chi connectivity index (χ1v) is 10.1. The van der Waals surface area contributed by atoms with Gasteiger partial charge in [0.1, 0.15) is 35.8 Å². The molecule has 0 aromatic heterocycles. The second kappa shape index (κ2) is 11.0. The number of benzene rings is 1. The van der Waals surface area contributed by atoms with Crippen LogP contribution < -0.4 is 4.74 Å². The summed E-state index contributed by atoms with van der Waals surface area (Å²) in [5.41, 5.74) is -0.0800. The van der Waals surface area contributed by atoms with Crippen LogP contribution in [0.4, 0.5) is 0 Å². The summed E-state index contributed by atoms with van der Waals surface area (Å²) in [6.07, 6.45) is -8.45. The van der Waals surface area contributed by atoms with Gasteiger partial charge in [0.25, 0.3) is 0 Å². The molecule has 0 radical (unpaired) electrons. The maximum atomic E-state index is 11.8. The van der Waals surface area contributed by atoms with E-state index < -0.39 is 67.4 Å². The minimum absolute atomic E-state index is 0.320. The number of hydrogen-bond acceptors (Lipinski definition) is 10. The maximum Gasteiger partial charge on any atom is 0.336 e. The molecule has 1 saturated heterocycles. The van der Waals surface area contributed by atoms with E-state index in [9.17, 15) is 35.1 Å². The Morgan fingerprint density at radius 2 is 1.72 bits per heavy atom. The smallest absolute Gasteiger partial charge is 0.336 e. The highest BCUT2D eigenvalue weighted by Crippen LogP contribution is 2.25. The largest absolute Gasteiger partial charge is 0.481 e. The van der Waals surface area contributed by atoms with Crippen molar-refractivity contribution >= 4 is 11.9 Å². The number of hydrogen-bond donors (Lipinski definition) is 6. The van der Waals surface area contributed by atoms with Crippen LogP contribution in [0, 0.1) is 0 Å². The number of carboxylic acids is 1. The van der Waals surface area contributed by atoms with Crippen molar-refractivity contribution in [3.05, 3.63) is 29.8 Å². The zero-order chi connectivity index (χ0) is 24.1. The summed E-state index contributed by atoms with van der Waals surface area (Å²) in [5.74, 6) is -1.99. The average molecular weight is 458 g/mol. The van der Waals surface area contributed by atoms with Gasteiger partial charge in [-0.05, 0) is 44.4 Å². The van der Waals surface area contributed by atoms with Crippen molar-refractivity contribution in [3.63, 3.8) is 0 Å². The predicted molar refractivity (Wildman–Crippen MR) is 108 cm³/mol. The van der Waals surface area contributed by atoms with Crippen molar-refractivity contribution < 1.29 is 54.4 Å². The Morgan fingerprint density at radius 1 is 1.09 bits per heavy atom. The Labute approximate surface area is 184 Å². The van der Waals surface area contributed by atoms with Gasteiger partial charge in [-0.15, -0.1) is 0 Å². The molecule has 6 N–H and O–H groups in total. The van der Waals surface area contributed by atoms with Crippen molar-refractivity contribution in [2.45, 2.75) is 75.5 Å². The molecule has 0 spiro atoms. The number of carbonyl (C=O) groups excluding carboxylic acids is 1. The van der Waals surface area contributed by atoms with Gasteiger partial charge in [-0.1, -0.05) is 12.1 Å². The highest BCUT2D eigenvalue weighted by atomic mass is 16.7. The van der Waals surface area contributed by atoms with Gasteiger partial charge in [-0.2, -0.15) is 0 Å². The number of carbonyl (C=O) groups is 2. The lowest BCUT2D eigenvalue weighted by atomic mass is 9.98. The van der Waals surface area contributed by atoms with Gasteiger partial charge in [0.2, 0.25) is 6.29 Å². The molecule has 0 amide bonds. The summed E-state index contributed by atoms with van der Waals surface area (Å²) in [5, 5.41) is 57.1. The van der Waals surface area contributed by atoms with Gasteiger partial charge in [0, 0.05) is 0 Å². The standard InChI is InChI=1S/C21H30O11/c1-21(2,32-19(29)13(23)9-15(24)25)8-7-11-3-5-12(6-4-11)30-20-18(28)17(27)16(26)14(10-22)31-20/h3-6,13-14,16-18,20,22-23,26-28H,7-10H2,1-2H3,(H,24,25)/t13?,14-,16-,17+,18-,20?/m1/s1. The number of aliphatic hydroxyl groups excluding tert-OH is 5. The molecular weight excluding hydrogens is 428 g/mol. The van der Waals surface area contributed by atoms with E-state index in [-0.39, 0.29) is 0 Å². The van der Waals surface area contributed by atoms with Crippen LogP contribution in [0.25, 0.3) is 0 Å². The molecule has 1 aromatic carbocycles. The lowest BCUT2D eigenvalue weighted by Gasteiger charge is -2.39. The van der Waals surface area contributed by atoms with E-state index in [1.165, 1.54) is 0 Å². The molecule has 11 nitrogen and oxygen atoms in total. The number of esters is 1. The van der Waals surface area contributed by atoms with Gasteiger partial charge >= 0.3 is 11.9 Å². The molecule has 6 atom stereocenters. The van der Waals surface area contributed by atoms with Crippen molar-refractivity contribution in [2.24, 2.45) is 0 Å². The highest BCUT2D eigenvalue weighted by Gasteiger charge is 2.44. The minimum atomic E-state index is -1.73. The fraction of sp³-hybridized carbons (Fsp3) is 0.619. The third kappa shape index (κ3) is 7.12. The first kappa shape index (κ1) is 26.0. The van der Waals surface area contributed by atoms with Crippen molar-refractivity contribution in [3.8, 4) is 5.75 Å². The quantitative estimate of drug-likeness (QED) is 0.235. The highest BCUT2D eigenvalue weighted by molar-refractivity contribution is 5.81. The second-order valence-corrected chi connectivity index (χ2v) is 8.25. The van der Waals surface area contributed by atoms with E-state index in [1.807, 2.05) is 0 Å². The maximum absolute atomic E-state index is 11.8. The monoisotopic (exact) mass is 458 g/mol. The summed E-state index contributed by atoms with van der Waals surface area (Å²) in [6.45, 7) is 2.74. The summed E-state index contributed by atoms with van der Waals surface area (Å²) >= 11 is 0. The molecule has 0 bridgehead atoms. The van der Waals surface area contributed by atoms with Crippen LogP contribution in [0.3, 0.4) is 0 Å². The van der Waals surface area contributed by atoms with Crippen LogP contribution in [0.15, 0.2) is 24.3 Å². The normalized spacial score (nSPS) is 26.9. The van der Waals surface area contributed by atoms with E-state index in [0.29, 0.717) is 18.6 Å². The molecule has 11 heteroatoms. The molecule has 2 unspecified atom stereocenters. The van der Waals surface area contributed by atoms with Crippen LogP contribution in [0.1, 0.15) is 32.3 Å². The average Bonchev–Trinajstić information content (AvgIpc) is 2.72. The van der Waals surface area contributed by atoms with E-state index in [0.717, 1.165) is 5.56 Å².